The van der Waals surface area contributed by atoms with Crippen LogP contribution in [0.15, 0.2) is 77.2 Å². The molecule has 144 valence electrons. The zero-order chi connectivity index (χ0) is 20.2. The van der Waals surface area contributed by atoms with Gasteiger partial charge in [-0.25, -0.2) is 0 Å². The van der Waals surface area contributed by atoms with Gasteiger partial charge in [0.05, 0.1) is 0 Å². The first-order valence-electron chi connectivity index (χ1n) is 9.00. The van der Waals surface area contributed by atoms with E-state index in [1.165, 1.54) is 6.08 Å². The SMILES string of the molecule is NC(=O)COc1ccc(/C=C/C(=O)Nc2ccc3c(c2)oc2ccccc23)cc1. The summed E-state index contributed by atoms with van der Waals surface area (Å²) in [7, 11) is 0. The molecule has 0 saturated carbocycles. The molecular weight excluding hydrogens is 368 g/mol. The fraction of sp³-hybridized carbons (Fsp3) is 0.0435. The van der Waals surface area contributed by atoms with Gasteiger partial charge in [0.25, 0.3) is 5.91 Å². The second kappa shape index (κ2) is 7.90. The Morgan fingerprint density at radius 1 is 0.966 bits per heavy atom. The number of ether oxygens (including phenoxy) is 1. The summed E-state index contributed by atoms with van der Waals surface area (Å²) in [5, 5.41) is 4.88. The molecule has 0 spiro atoms. The van der Waals surface area contributed by atoms with Crippen molar-refractivity contribution in [3.63, 3.8) is 0 Å². The van der Waals surface area contributed by atoms with Crippen LogP contribution in [0.2, 0.25) is 0 Å². The molecule has 0 unspecified atom stereocenters. The molecule has 0 fully saturated rings. The molecule has 0 bridgehead atoms. The van der Waals surface area contributed by atoms with Gasteiger partial charge in [-0.05, 0) is 42.0 Å². The number of hydrogen-bond acceptors (Lipinski definition) is 4. The largest absolute Gasteiger partial charge is 0.484 e. The molecule has 3 aromatic carbocycles. The van der Waals surface area contributed by atoms with Gasteiger partial charge < -0.3 is 20.2 Å². The molecular formula is C23H18N2O4. The van der Waals surface area contributed by atoms with E-state index in [4.69, 9.17) is 14.9 Å². The summed E-state index contributed by atoms with van der Waals surface area (Å²) < 4.78 is 11.0. The van der Waals surface area contributed by atoms with Crippen LogP contribution in [0, 0.1) is 0 Å². The lowest BCUT2D eigenvalue weighted by Crippen LogP contribution is -2.19. The number of fused-ring (bicyclic) bond motifs is 3. The highest BCUT2D eigenvalue weighted by Gasteiger charge is 2.07. The number of nitrogens with two attached hydrogens (primary N) is 1. The lowest BCUT2D eigenvalue weighted by atomic mass is 10.1. The molecule has 2 amide bonds. The Morgan fingerprint density at radius 3 is 2.52 bits per heavy atom. The van der Waals surface area contributed by atoms with Gasteiger partial charge in [-0.1, -0.05) is 30.3 Å². The van der Waals surface area contributed by atoms with Crippen LogP contribution in [-0.2, 0) is 9.59 Å². The van der Waals surface area contributed by atoms with Crippen molar-refractivity contribution in [2.75, 3.05) is 11.9 Å². The number of furan rings is 1. The number of nitrogens with one attached hydrogen (secondary N) is 1. The topological polar surface area (TPSA) is 94.6 Å². The van der Waals surface area contributed by atoms with E-state index >= 15 is 0 Å². The van der Waals surface area contributed by atoms with Gasteiger partial charge in [-0.2, -0.15) is 0 Å². The second-order valence-corrected chi connectivity index (χ2v) is 6.46. The van der Waals surface area contributed by atoms with Crippen molar-refractivity contribution >= 4 is 45.5 Å². The molecule has 6 heteroatoms. The predicted molar refractivity (Wildman–Crippen MR) is 113 cm³/mol. The van der Waals surface area contributed by atoms with E-state index in [0.717, 1.165) is 27.5 Å². The summed E-state index contributed by atoms with van der Waals surface area (Å²) in [5.41, 5.74) is 8.05. The van der Waals surface area contributed by atoms with Crippen LogP contribution in [0.1, 0.15) is 5.56 Å². The van der Waals surface area contributed by atoms with Gasteiger partial charge in [0.2, 0.25) is 5.91 Å². The Bertz CT molecular complexity index is 1220. The maximum Gasteiger partial charge on any atom is 0.255 e. The van der Waals surface area contributed by atoms with E-state index in [1.807, 2.05) is 42.5 Å². The van der Waals surface area contributed by atoms with Crippen molar-refractivity contribution in [3.8, 4) is 5.75 Å². The number of carbonyl (C=O) groups is 2. The molecule has 4 aromatic rings. The maximum atomic E-state index is 12.2. The Hall–Kier alpha value is -4.06. The number of amides is 2. The van der Waals surface area contributed by atoms with E-state index in [9.17, 15) is 9.59 Å². The first-order valence-corrected chi connectivity index (χ1v) is 9.00. The van der Waals surface area contributed by atoms with Crippen LogP contribution >= 0.6 is 0 Å². The normalized spacial score (nSPS) is 11.2. The smallest absolute Gasteiger partial charge is 0.255 e. The molecule has 4 rings (SSSR count). The van der Waals surface area contributed by atoms with Crippen molar-refractivity contribution in [1.29, 1.82) is 0 Å². The average molecular weight is 386 g/mol. The third-order valence-corrected chi connectivity index (χ3v) is 4.33. The third kappa shape index (κ3) is 4.27. The van der Waals surface area contributed by atoms with Crippen molar-refractivity contribution < 1.29 is 18.7 Å². The summed E-state index contributed by atoms with van der Waals surface area (Å²) in [4.78, 5) is 23.0. The number of primary amides is 1. The van der Waals surface area contributed by atoms with E-state index in [1.54, 1.807) is 30.3 Å². The molecule has 0 aliphatic rings. The Morgan fingerprint density at radius 2 is 1.72 bits per heavy atom. The third-order valence-electron chi connectivity index (χ3n) is 4.33. The zero-order valence-corrected chi connectivity index (χ0v) is 15.4. The van der Waals surface area contributed by atoms with Crippen LogP contribution in [0.3, 0.4) is 0 Å². The number of para-hydroxylation sites is 1. The lowest BCUT2D eigenvalue weighted by molar-refractivity contribution is -0.120. The van der Waals surface area contributed by atoms with Crippen LogP contribution in [0.25, 0.3) is 28.0 Å². The molecule has 3 N–H and O–H groups in total. The summed E-state index contributed by atoms with van der Waals surface area (Å²) >= 11 is 0. The number of benzene rings is 3. The van der Waals surface area contributed by atoms with E-state index < -0.39 is 5.91 Å². The number of hydrogen-bond donors (Lipinski definition) is 2. The first kappa shape index (κ1) is 18.3. The quantitative estimate of drug-likeness (QED) is 0.488. The predicted octanol–water partition coefficient (Wildman–Crippen LogP) is 4.10. The van der Waals surface area contributed by atoms with Gasteiger partial charge in [0, 0.05) is 28.6 Å². The number of rotatable bonds is 6. The first-order chi connectivity index (χ1) is 14.1. The van der Waals surface area contributed by atoms with Crippen molar-refractivity contribution in [2.45, 2.75) is 0 Å². The molecule has 0 aliphatic carbocycles. The lowest BCUT2D eigenvalue weighted by Gasteiger charge is -2.04. The number of carbonyl (C=O) groups excluding carboxylic acids is 2. The minimum Gasteiger partial charge on any atom is -0.484 e. The van der Waals surface area contributed by atoms with Crippen LogP contribution < -0.4 is 15.8 Å². The summed E-state index contributed by atoms with van der Waals surface area (Å²) in [6.45, 7) is -0.173. The molecule has 0 atom stereocenters. The molecule has 1 aromatic heterocycles. The van der Waals surface area contributed by atoms with Crippen LogP contribution in [0.5, 0.6) is 5.75 Å². The Balaban J connectivity index is 1.42. The van der Waals surface area contributed by atoms with Gasteiger partial charge in [0.15, 0.2) is 6.61 Å². The highest BCUT2D eigenvalue weighted by Crippen LogP contribution is 2.30. The molecule has 0 saturated heterocycles. The minimum atomic E-state index is -0.536. The van der Waals surface area contributed by atoms with Gasteiger partial charge in [-0.3, -0.25) is 9.59 Å². The standard InChI is InChI=1S/C23H18N2O4/c24-22(26)14-28-17-9-5-15(6-10-17)7-12-23(27)25-16-8-11-19-18-3-1-2-4-20(18)29-21(19)13-16/h1-13H,14H2,(H2,24,26)(H,25,27)/b12-7+. The second-order valence-electron chi connectivity index (χ2n) is 6.46. The molecule has 0 aliphatic heterocycles. The van der Waals surface area contributed by atoms with Crippen molar-refractivity contribution in [1.82, 2.24) is 0 Å². The van der Waals surface area contributed by atoms with Crippen molar-refractivity contribution in [3.05, 3.63) is 78.4 Å². The summed E-state index contributed by atoms with van der Waals surface area (Å²) in [5.74, 6) is -0.259. The molecule has 6 nitrogen and oxygen atoms in total. The summed E-state index contributed by atoms with van der Waals surface area (Å²) in [6, 6.07) is 20.4. The van der Waals surface area contributed by atoms with Gasteiger partial charge in [-0.15, -0.1) is 0 Å². The maximum absolute atomic E-state index is 12.2. The molecule has 1 heterocycles. The Kier molecular flexibility index (Phi) is 4.99. The van der Waals surface area contributed by atoms with Crippen LogP contribution in [0.4, 0.5) is 5.69 Å². The van der Waals surface area contributed by atoms with Gasteiger partial charge >= 0.3 is 0 Å². The van der Waals surface area contributed by atoms with E-state index in [2.05, 4.69) is 5.32 Å². The highest BCUT2D eigenvalue weighted by molar-refractivity contribution is 6.07. The van der Waals surface area contributed by atoms with Gasteiger partial charge in [0.1, 0.15) is 16.9 Å². The fourth-order valence-corrected chi connectivity index (χ4v) is 2.99. The molecule has 29 heavy (non-hydrogen) atoms. The van der Waals surface area contributed by atoms with Crippen molar-refractivity contribution in [2.24, 2.45) is 5.73 Å². The fourth-order valence-electron chi connectivity index (χ4n) is 2.99. The monoisotopic (exact) mass is 386 g/mol. The number of anilines is 1. The summed E-state index contributed by atoms with van der Waals surface area (Å²) in [6.07, 6.45) is 3.13. The highest BCUT2D eigenvalue weighted by atomic mass is 16.5. The molecule has 0 radical (unpaired) electrons. The zero-order valence-electron chi connectivity index (χ0n) is 15.4. The van der Waals surface area contributed by atoms with E-state index in [0.29, 0.717) is 11.4 Å². The van der Waals surface area contributed by atoms with E-state index in [-0.39, 0.29) is 12.5 Å². The minimum absolute atomic E-state index is 0.173. The Labute approximate surface area is 166 Å². The van der Waals surface area contributed by atoms with Crippen LogP contribution in [-0.4, -0.2) is 18.4 Å². The average Bonchev–Trinajstić information content (AvgIpc) is 3.09.